The summed E-state index contributed by atoms with van der Waals surface area (Å²) in [6.07, 6.45) is 0. The van der Waals surface area contributed by atoms with Crippen molar-refractivity contribution in [2.24, 2.45) is 5.73 Å². The lowest BCUT2D eigenvalue weighted by molar-refractivity contribution is 0.100. The normalized spacial score (nSPS) is 11.3. The summed E-state index contributed by atoms with van der Waals surface area (Å²) >= 11 is 9.36. The molecule has 4 aromatic carbocycles. The average molecular weight is 508 g/mol. The molecule has 0 radical (unpaired) electrons. The third-order valence-corrected chi connectivity index (χ3v) is 6.42. The second-order valence-electron chi connectivity index (χ2n) is 7.62. The smallest absolute Gasteiger partial charge is 0.249 e. The minimum absolute atomic E-state index is 0.297. The summed E-state index contributed by atoms with van der Waals surface area (Å²) in [6, 6.07) is 24.2. The second kappa shape index (κ2) is 8.08. The summed E-state index contributed by atoms with van der Waals surface area (Å²) in [4.78, 5) is 12.2. The molecule has 0 aliphatic carbocycles. The van der Waals surface area contributed by atoms with Crippen LogP contribution in [0.25, 0.3) is 32.9 Å². The third-order valence-electron chi connectivity index (χ3n) is 5.68. The van der Waals surface area contributed by atoms with E-state index in [9.17, 15) is 9.18 Å². The molecule has 0 fully saturated rings. The monoisotopic (exact) mass is 506 g/mol. The molecule has 0 bridgehead atoms. The molecule has 1 heterocycles. The first kappa shape index (κ1) is 20.7. The van der Waals surface area contributed by atoms with Gasteiger partial charge in [-0.2, -0.15) is 0 Å². The lowest BCUT2D eigenvalue weighted by Crippen LogP contribution is -2.11. The number of carbonyl (C=O) groups excluding carboxylic acids is 1. The molecule has 5 rings (SSSR count). The highest BCUT2D eigenvalue weighted by atomic mass is 79.9. The van der Waals surface area contributed by atoms with Crippen LogP contribution in [0.5, 0.6) is 0 Å². The summed E-state index contributed by atoms with van der Waals surface area (Å²) in [7, 11) is 0. The van der Waals surface area contributed by atoms with Gasteiger partial charge in [0.2, 0.25) is 5.91 Å². The van der Waals surface area contributed by atoms with E-state index in [1.807, 2.05) is 53.1 Å². The van der Waals surface area contributed by atoms with E-state index in [-0.39, 0.29) is 5.82 Å². The molecule has 0 unspecified atom stereocenters. The lowest BCUT2D eigenvalue weighted by atomic mass is 10.0. The third kappa shape index (κ3) is 3.57. The first-order chi connectivity index (χ1) is 15.4. The average Bonchev–Trinajstić information content (AvgIpc) is 3.09. The van der Waals surface area contributed by atoms with E-state index in [4.69, 9.17) is 17.3 Å². The molecule has 158 valence electrons. The van der Waals surface area contributed by atoms with Crippen molar-refractivity contribution in [3.63, 3.8) is 0 Å². The van der Waals surface area contributed by atoms with Crippen molar-refractivity contribution >= 4 is 55.2 Å². The summed E-state index contributed by atoms with van der Waals surface area (Å²) in [5.41, 5.74) is 10.4. The summed E-state index contributed by atoms with van der Waals surface area (Å²) < 4.78 is 17.4. The van der Waals surface area contributed by atoms with Crippen LogP contribution >= 0.6 is 27.5 Å². The van der Waals surface area contributed by atoms with Crippen molar-refractivity contribution in [2.45, 2.75) is 6.54 Å². The first-order valence-corrected chi connectivity index (χ1v) is 11.1. The fourth-order valence-electron chi connectivity index (χ4n) is 4.16. The van der Waals surface area contributed by atoms with E-state index in [1.54, 1.807) is 18.2 Å². The van der Waals surface area contributed by atoms with Crippen LogP contribution in [0.4, 0.5) is 4.39 Å². The summed E-state index contributed by atoms with van der Waals surface area (Å²) in [5, 5.41) is 2.33. The maximum Gasteiger partial charge on any atom is 0.249 e. The number of primary amides is 1. The van der Waals surface area contributed by atoms with Gasteiger partial charge in [-0.15, -0.1) is 0 Å². The SMILES string of the molecule is NC(=O)c1cccc2c1c1ccc(-c3ccc(Cl)cc3)cc1n2Cc1ccc(Br)cc1F. The Hall–Kier alpha value is -3.15. The van der Waals surface area contributed by atoms with Crippen molar-refractivity contribution < 1.29 is 9.18 Å². The van der Waals surface area contributed by atoms with E-state index in [1.165, 1.54) is 6.07 Å². The van der Waals surface area contributed by atoms with Crippen molar-refractivity contribution in [3.8, 4) is 11.1 Å². The predicted octanol–water partition coefficient (Wildman–Crippen LogP) is 7.16. The number of halogens is 3. The zero-order valence-corrected chi connectivity index (χ0v) is 19.1. The van der Waals surface area contributed by atoms with Gasteiger partial charge in [-0.25, -0.2) is 4.39 Å². The van der Waals surface area contributed by atoms with Gasteiger partial charge in [0.1, 0.15) is 5.82 Å². The Morgan fingerprint density at radius 2 is 1.69 bits per heavy atom. The number of rotatable bonds is 4. The van der Waals surface area contributed by atoms with E-state index >= 15 is 0 Å². The molecule has 0 saturated carbocycles. The zero-order valence-electron chi connectivity index (χ0n) is 16.8. The summed E-state index contributed by atoms with van der Waals surface area (Å²) in [6.45, 7) is 0.311. The van der Waals surface area contributed by atoms with Gasteiger partial charge in [0.15, 0.2) is 0 Å². The number of hydrogen-bond donors (Lipinski definition) is 1. The maximum atomic E-state index is 14.7. The highest BCUT2D eigenvalue weighted by molar-refractivity contribution is 9.10. The Morgan fingerprint density at radius 1 is 0.938 bits per heavy atom. The Kier molecular flexibility index (Phi) is 5.24. The number of hydrogen-bond acceptors (Lipinski definition) is 1. The number of nitrogens with two attached hydrogens (primary N) is 1. The van der Waals surface area contributed by atoms with Gasteiger partial charge in [-0.1, -0.05) is 63.9 Å². The second-order valence-corrected chi connectivity index (χ2v) is 8.98. The quantitative estimate of drug-likeness (QED) is 0.275. The molecule has 3 nitrogen and oxygen atoms in total. The molecule has 0 atom stereocenters. The minimum atomic E-state index is -0.494. The highest BCUT2D eigenvalue weighted by Gasteiger charge is 2.18. The largest absolute Gasteiger partial charge is 0.366 e. The van der Waals surface area contributed by atoms with E-state index < -0.39 is 5.91 Å². The van der Waals surface area contributed by atoms with Crippen LogP contribution in [0.1, 0.15) is 15.9 Å². The molecular formula is C26H17BrClFN2O. The molecular weight excluding hydrogens is 491 g/mol. The molecule has 1 amide bonds. The number of amides is 1. The molecule has 0 aliphatic rings. The van der Waals surface area contributed by atoms with Crippen LogP contribution in [0.3, 0.4) is 0 Å². The van der Waals surface area contributed by atoms with Crippen molar-refractivity contribution in [3.05, 3.63) is 105 Å². The van der Waals surface area contributed by atoms with Gasteiger partial charge in [0.25, 0.3) is 0 Å². The Labute approximate surface area is 197 Å². The van der Waals surface area contributed by atoms with Crippen LogP contribution < -0.4 is 5.73 Å². The number of carbonyl (C=O) groups is 1. The van der Waals surface area contributed by atoms with Gasteiger partial charge in [-0.05, 0) is 53.6 Å². The minimum Gasteiger partial charge on any atom is -0.366 e. The molecule has 1 aromatic heterocycles. The summed E-state index contributed by atoms with van der Waals surface area (Å²) in [5.74, 6) is -0.791. The van der Waals surface area contributed by atoms with Crippen LogP contribution in [-0.4, -0.2) is 10.5 Å². The number of benzene rings is 4. The van der Waals surface area contributed by atoms with Gasteiger partial charge < -0.3 is 10.3 Å². The van der Waals surface area contributed by atoms with Crippen molar-refractivity contribution in [2.75, 3.05) is 0 Å². The standard InChI is InChI=1S/C26H17BrClFN2O/c27-18-8-4-17(22(29)13-18)14-31-23-3-1-2-21(26(30)32)25(23)20-11-7-16(12-24(20)31)15-5-9-19(28)10-6-15/h1-13H,14H2,(H2,30,32). The Morgan fingerprint density at radius 3 is 2.41 bits per heavy atom. The maximum absolute atomic E-state index is 14.7. The molecule has 0 aliphatic heterocycles. The highest BCUT2D eigenvalue weighted by Crippen LogP contribution is 2.35. The van der Waals surface area contributed by atoms with Gasteiger partial charge >= 0.3 is 0 Å². The lowest BCUT2D eigenvalue weighted by Gasteiger charge is -2.10. The van der Waals surface area contributed by atoms with E-state index in [0.29, 0.717) is 27.2 Å². The van der Waals surface area contributed by atoms with Gasteiger partial charge in [0, 0.05) is 31.4 Å². The van der Waals surface area contributed by atoms with Crippen LogP contribution in [0.2, 0.25) is 5.02 Å². The molecule has 2 N–H and O–H groups in total. The van der Waals surface area contributed by atoms with E-state index in [0.717, 1.165) is 32.9 Å². The van der Waals surface area contributed by atoms with Crippen LogP contribution in [0, 0.1) is 5.82 Å². The zero-order chi connectivity index (χ0) is 22.4. The topological polar surface area (TPSA) is 48.0 Å². The molecule has 5 aromatic rings. The molecule has 32 heavy (non-hydrogen) atoms. The molecule has 6 heteroatoms. The predicted molar refractivity (Wildman–Crippen MR) is 132 cm³/mol. The van der Waals surface area contributed by atoms with E-state index in [2.05, 4.69) is 22.0 Å². The van der Waals surface area contributed by atoms with Gasteiger partial charge in [-0.3, -0.25) is 4.79 Å². The molecule has 0 saturated heterocycles. The number of aromatic nitrogens is 1. The van der Waals surface area contributed by atoms with Crippen LogP contribution in [0.15, 0.2) is 83.3 Å². The van der Waals surface area contributed by atoms with Crippen molar-refractivity contribution in [1.29, 1.82) is 0 Å². The number of nitrogens with zero attached hydrogens (tertiary/aromatic N) is 1. The Balaban J connectivity index is 1.80. The van der Waals surface area contributed by atoms with Gasteiger partial charge in [0.05, 0.1) is 17.6 Å². The first-order valence-electron chi connectivity index (χ1n) is 9.97. The van der Waals surface area contributed by atoms with Crippen LogP contribution in [-0.2, 0) is 6.54 Å². The fraction of sp³-hybridized carbons (Fsp3) is 0.0385. The Bertz CT molecular complexity index is 1510. The van der Waals surface area contributed by atoms with Crippen molar-refractivity contribution in [1.82, 2.24) is 4.57 Å². The molecule has 0 spiro atoms. The number of fused-ring (bicyclic) bond motifs is 3. The fourth-order valence-corrected chi connectivity index (χ4v) is 4.62.